The van der Waals surface area contributed by atoms with Crippen LogP contribution in [-0.4, -0.2) is 17.7 Å². The standard InChI is InChI=1S/C24H23NO4/c26-22-14-13-19(16-23(22)28-17-20-8-3-1-4-9-20)12-7-15-25-24(27)29-18-21-10-5-2-6-11-21/h1-14,16,26H,15,17-18H2,(H,25,27). The minimum atomic E-state index is -0.476. The number of alkyl carbamates (subject to hydrolysis) is 1. The maximum absolute atomic E-state index is 11.7. The summed E-state index contributed by atoms with van der Waals surface area (Å²) in [6.45, 7) is 0.932. The molecule has 0 fully saturated rings. The zero-order valence-corrected chi connectivity index (χ0v) is 16.0. The van der Waals surface area contributed by atoms with Gasteiger partial charge in [0.15, 0.2) is 11.5 Å². The minimum Gasteiger partial charge on any atom is -0.504 e. The van der Waals surface area contributed by atoms with E-state index in [-0.39, 0.29) is 12.4 Å². The molecule has 3 aromatic carbocycles. The molecule has 0 aliphatic carbocycles. The van der Waals surface area contributed by atoms with Crippen LogP contribution in [0.4, 0.5) is 4.79 Å². The summed E-state index contributed by atoms with van der Waals surface area (Å²) in [5, 5.41) is 12.7. The number of aromatic hydroxyl groups is 1. The molecule has 29 heavy (non-hydrogen) atoms. The highest BCUT2D eigenvalue weighted by Gasteiger charge is 2.04. The minimum absolute atomic E-state index is 0.0840. The molecule has 0 spiro atoms. The topological polar surface area (TPSA) is 67.8 Å². The van der Waals surface area contributed by atoms with Gasteiger partial charge < -0.3 is 19.9 Å². The second kappa shape index (κ2) is 10.6. The van der Waals surface area contributed by atoms with Crippen molar-refractivity contribution in [2.75, 3.05) is 6.54 Å². The highest BCUT2D eigenvalue weighted by Crippen LogP contribution is 2.28. The third-order valence-corrected chi connectivity index (χ3v) is 4.11. The monoisotopic (exact) mass is 389 g/mol. The van der Waals surface area contributed by atoms with Crippen molar-refractivity contribution in [3.63, 3.8) is 0 Å². The number of hydrogen-bond acceptors (Lipinski definition) is 4. The lowest BCUT2D eigenvalue weighted by molar-refractivity contribution is 0.141. The zero-order valence-electron chi connectivity index (χ0n) is 16.0. The number of phenols is 1. The van der Waals surface area contributed by atoms with E-state index in [4.69, 9.17) is 9.47 Å². The van der Waals surface area contributed by atoms with E-state index in [9.17, 15) is 9.90 Å². The van der Waals surface area contributed by atoms with Crippen LogP contribution in [0, 0.1) is 0 Å². The Bertz CT molecular complexity index is 940. The summed E-state index contributed by atoms with van der Waals surface area (Å²) < 4.78 is 10.9. The van der Waals surface area contributed by atoms with Crippen LogP contribution < -0.4 is 10.1 Å². The van der Waals surface area contributed by atoms with E-state index in [1.165, 1.54) is 0 Å². The molecule has 3 aromatic rings. The Morgan fingerprint density at radius 3 is 2.24 bits per heavy atom. The fraction of sp³-hybridized carbons (Fsp3) is 0.125. The summed E-state index contributed by atoms with van der Waals surface area (Å²) >= 11 is 0. The number of ether oxygens (including phenoxy) is 2. The second-order valence-electron chi connectivity index (χ2n) is 6.35. The predicted molar refractivity (Wildman–Crippen MR) is 113 cm³/mol. The van der Waals surface area contributed by atoms with Gasteiger partial charge in [0, 0.05) is 6.54 Å². The smallest absolute Gasteiger partial charge is 0.407 e. The molecule has 0 radical (unpaired) electrons. The number of amides is 1. The van der Waals surface area contributed by atoms with Crippen molar-refractivity contribution in [2.45, 2.75) is 13.2 Å². The fourth-order valence-electron chi connectivity index (χ4n) is 2.60. The Labute approximate surface area is 170 Å². The first-order valence-electron chi connectivity index (χ1n) is 9.31. The predicted octanol–water partition coefficient (Wildman–Crippen LogP) is 4.91. The van der Waals surface area contributed by atoms with Crippen molar-refractivity contribution in [1.29, 1.82) is 0 Å². The Balaban J connectivity index is 1.45. The van der Waals surface area contributed by atoms with Crippen molar-refractivity contribution >= 4 is 12.2 Å². The van der Waals surface area contributed by atoms with E-state index in [1.54, 1.807) is 24.3 Å². The lowest BCUT2D eigenvalue weighted by atomic mass is 10.2. The molecule has 1 amide bonds. The molecule has 2 N–H and O–H groups in total. The normalized spacial score (nSPS) is 10.6. The first-order valence-corrected chi connectivity index (χ1v) is 9.31. The van der Waals surface area contributed by atoms with Gasteiger partial charge in [-0.3, -0.25) is 0 Å². The Morgan fingerprint density at radius 2 is 1.55 bits per heavy atom. The fourth-order valence-corrected chi connectivity index (χ4v) is 2.60. The Kier molecular flexibility index (Phi) is 7.29. The van der Waals surface area contributed by atoms with Crippen LogP contribution in [0.5, 0.6) is 11.5 Å². The van der Waals surface area contributed by atoms with Crippen LogP contribution in [0.3, 0.4) is 0 Å². The molecule has 3 rings (SSSR count). The molecular weight excluding hydrogens is 366 g/mol. The number of hydrogen-bond donors (Lipinski definition) is 2. The number of nitrogens with one attached hydrogen (secondary N) is 1. The van der Waals surface area contributed by atoms with Crippen molar-refractivity contribution in [1.82, 2.24) is 5.32 Å². The van der Waals surface area contributed by atoms with E-state index >= 15 is 0 Å². The molecule has 0 aliphatic heterocycles. The third-order valence-electron chi connectivity index (χ3n) is 4.11. The van der Waals surface area contributed by atoms with Gasteiger partial charge in [-0.2, -0.15) is 0 Å². The molecule has 5 nitrogen and oxygen atoms in total. The molecule has 148 valence electrons. The number of carbonyl (C=O) groups is 1. The van der Waals surface area contributed by atoms with Gasteiger partial charge in [-0.1, -0.05) is 78.9 Å². The van der Waals surface area contributed by atoms with Gasteiger partial charge in [0.1, 0.15) is 13.2 Å². The molecule has 0 unspecified atom stereocenters. The van der Waals surface area contributed by atoms with E-state index < -0.39 is 6.09 Å². The largest absolute Gasteiger partial charge is 0.504 e. The molecule has 0 saturated carbocycles. The number of benzene rings is 3. The van der Waals surface area contributed by atoms with Crippen LogP contribution in [0.1, 0.15) is 16.7 Å². The molecule has 5 heteroatoms. The summed E-state index contributed by atoms with van der Waals surface area (Å²) in [5.41, 5.74) is 2.81. The summed E-state index contributed by atoms with van der Waals surface area (Å²) in [4.78, 5) is 11.7. The van der Waals surface area contributed by atoms with Gasteiger partial charge >= 0.3 is 6.09 Å². The molecule has 0 atom stereocenters. The molecule has 0 heterocycles. The van der Waals surface area contributed by atoms with E-state index in [0.29, 0.717) is 18.9 Å². The first-order chi connectivity index (χ1) is 14.2. The summed E-state index contributed by atoms with van der Waals surface area (Å²) in [6, 6.07) is 24.4. The van der Waals surface area contributed by atoms with E-state index in [1.807, 2.05) is 66.7 Å². The van der Waals surface area contributed by atoms with E-state index in [2.05, 4.69) is 5.32 Å². The quantitative estimate of drug-likeness (QED) is 0.574. The second-order valence-corrected chi connectivity index (χ2v) is 6.35. The SMILES string of the molecule is O=C(NCC=Cc1ccc(O)c(OCc2ccccc2)c1)OCc1ccccc1. The third kappa shape index (κ3) is 6.74. The van der Waals surface area contributed by atoms with Crippen molar-refractivity contribution in [3.8, 4) is 11.5 Å². The number of phenolic OH excluding ortho intramolecular Hbond substituents is 1. The van der Waals surface area contributed by atoms with Crippen LogP contribution in [0.25, 0.3) is 6.08 Å². The maximum Gasteiger partial charge on any atom is 0.407 e. The highest BCUT2D eigenvalue weighted by atomic mass is 16.5. The number of rotatable bonds is 8. The van der Waals surface area contributed by atoms with Gasteiger partial charge in [0.2, 0.25) is 0 Å². The summed E-state index contributed by atoms with van der Waals surface area (Å²) in [7, 11) is 0. The van der Waals surface area contributed by atoms with Crippen molar-refractivity contribution < 1.29 is 19.4 Å². The lowest BCUT2D eigenvalue weighted by Gasteiger charge is -2.09. The van der Waals surface area contributed by atoms with Gasteiger partial charge in [-0.25, -0.2) is 4.79 Å². The Hall–Kier alpha value is -3.73. The van der Waals surface area contributed by atoms with Crippen molar-refractivity contribution in [2.24, 2.45) is 0 Å². The zero-order chi connectivity index (χ0) is 20.3. The van der Waals surface area contributed by atoms with Gasteiger partial charge in [-0.15, -0.1) is 0 Å². The number of carbonyl (C=O) groups excluding carboxylic acids is 1. The maximum atomic E-state index is 11.7. The van der Waals surface area contributed by atoms with Crippen molar-refractivity contribution in [3.05, 3.63) is 102 Å². The molecular formula is C24H23NO4. The summed E-state index contributed by atoms with van der Waals surface area (Å²) in [6.07, 6.45) is 3.17. The van der Waals surface area contributed by atoms with Crippen LogP contribution in [0.15, 0.2) is 84.9 Å². The average molecular weight is 389 g/mol. The average Bonchev–Trinajstić information content (AvgIpc) is 2.77. The van der Waals surface area contributed by atoms with E-state index in [0.717, 1.165) is 16.7 Å². The van der Waals surface area contributed by atoms with Crippen LogP contribution in [-0.2, 0) is 18.0 Å². The van der Waals surface area contributed by atoms with Gasteiger partial charge in [0.25, 0.3) is 0 Å². The molecule has 0 aliphatic rings. The van der Waals surface area contributed by atoms with Crippen LogP contribution in [0.2, 0.25) is 0 Å². The highest BCUT2D eigenvalue weighted by molar-refractivity contribution is 5.67. The lowest BCUT2D eigenvalue weighted by Crippen LogP contribution is -2.24. The molecule has 0 bridgehead atoms. The molecule has 0 saturated heterocycles. The summed E-state index contributed by atoms with van der Waals surface area (Å²) in [5.74, 6) is 0.493. The Morgan fingerprint density at radius 1 is 0.897 bits per heavy atom. The van der Waals surface area contributed by atoms with Crippen LogP contribution >= 0.6 is 0 Å². The molecule has 0 aromatic heterocycles. The first kappa shape index (κ1) is 20.0. The van der Waals surface area contributed by atoms with Gasteiger partial charge in [-0.05, 0) is 28.8 Å². The van der Waals surface area contributed by atoms with Gasteiger partial charge in [0.05, 0.1) is 0 Å².